The van der Waals surface area contributed by atoms with Crippen molar-refractivity contribution in [3.63, 3.8) is 0 Å². The number of pyridine rings is 1. The van der Waals surface area contributed by atoms with Gasteiger partial charge in [0.25, 0.3) is 0 Å². The van der Waals surface area contributed by atoms with Crippen molar-refractivity contribution in [3.05, 3.63) is 35.7 Å². The Balaban J connectivity index is 2.04. The number of amides is 1. The zero-order valence-electron chi connectivity index (χ0n) is 13.6. The predicted molar refractivity (Wildman–Crippen MR) is 87.3 cm³/mol. The maximum Gasteiger partial charge on any atom is 0.410 e. The molecule has 5 heteroatoms. The fourth-order valence-electron chi connectivity index (χ4n) is 2.60. The van der Waals surface area contributed by atoms with Gasteiger partial charge in [0.2, 0.25) is 0 Å². The molecule has 0 aliphatic carbocycles. The molecular formula is C17H25N3O2. The second-order valence-electron chi connectivity index (χ2n) is 6.50. The lowest BCUT2D eigenvalue weighted by molar-refractivity contribution is 0.0236. The summed E-state index contributed by atoms with van der Waals surface area (Å²) in [6.45, 7) is 7.49. The number of aromatic nitrogens is 1. The van der Waals surface area contributed by atoms with Gasteiger partial charge >= 0.3 is 6.09 Å². The molecule has 0 bridgehead atoms. The predicted octanol–water partition coefficient (Wildman–Crippen LogP) is 2.82. The standard InChI is InChI=1S/C17H25N3O2/c1-17(2,3)22-16(21)20-9-6-13(7-10-20)15(11-18)14-5-4-8-19-12-14/h4-5,8,12H,6-7,9-11,18H2,1-3H3. The highest BCUT2D eigenvalue weighted by Gasteiger charge is 2.25. The minimum Gasteiger partial charge on any atom is -0.444 e. The molecule has 1 aromatic heterocycles. The van der Waals surface area contributed by atoms with Crippen LogP contribution in [0.5, 0.6) is 0 Å². The van der Waals surface area contributed by atoms with Gasteiger partial charge in [0.1, 0.15) is 5.60 Å². The molecule has 22 heavy (non-hydrogen) atoms. The molecule has 2 N–H and O–H groups in total. The van der Waals surface area contributed by atoms with Gasteiger partial charge in [-0.1, -0.05) is 11.6 Å². The average Bonchev–Trinajstić information content (AvgIpc) is 2.48. The fourth-order valence-corrected chi connectivity index (χ4v) is 2.60. The minimum atomic E-state index is -0.453. The molecule has 1 aliphatic heterocycles. The number of likely N-dealkylation sites (tertiary alicyclic amines) is 1. The van der Waals surface area contributed by atoms with Crippen LogP contribution in [0.4, 0.5) is 4.79 Å². The van der Waals surface area contributed by atoms with Crippen LogP contribution in [0.25, 0.3) is 5.57 Å². The first-order valence-corrected chi connectivity index (χ1v) is 7.70. The van der Waals surface area contributed by atoms with E-state index in [2.05, 4.69) is 4.98 Å². The van der Waals surface area contributed by atoms with Gasteiger partial charge in [-0.05, 0) is 50.8 Å². The van der Waals surface area contributed by atoms with Crippen LogP contribution in [0.15, 0.2) is 30.1 Å². The zero-order chi connectivity index (χ0) is 16.2. The third-order valence-electron chi connectivity index (χ3n) is 3.66. The summed E-state index contributed by atoms with van der Waals surface area (Å²) in [6.07, 6.45) is 5.03. The van der Waals surface area contributed by atoms with Crippen LogP contribution in [-0.2, 0) is 4.74 Å². The molecule has 0 atom stereocenters. The molecule has 1 aliphatic rings. The first-order chi connectivity index (χ1) is 10.4. The van der Waals surface area contributed by atoms with E-state index in [4.69, 9.17) is 10.5 Å². The number of carbonyl (C=O) groups is 1. The van der Waals surface area contributed by atoms with Crippen molar-refractivity contribution < 1.29 is 9.53 Å². The van der Waals surface area contributed by atoms with Crippen LogP contribution in [0.1, 0.15) is 39.2 Å². The van der Waals surface area contributed by atoms with E-state index >= 15 is 0 Å². The maximum atomic E-state index is 12.1. The molecule has 0 aromatic carbocycles. The van der Waals surface area contributed by atoms with Gasteiger partial charge in [-0.3, -0.25) is 4.98 Å². The number of nitrogens with zero attached hydrogens (tertiary/aromatic N) is 2. The third kappa shape index (κ3) is 4.31. The number of rotatable bonds is 2. The van der Waals surface area contributed by atoms with E-state index in [1.54, 1.807) is 11.1 Å². The quantitative estimate of drug-likeness (QED) is 0.912. The molecule has 0 spiro atoms. The summed E-state index contributed by atoms with van der Waals surface area (Å²) in [7, 11) is 0. The van der Waals surface area contributed by atoms with E-state index in [1.165, 1.54) is 5.57 Å². The molecule has 1 amide bonds. The molecule has 1 saturated heterocycles. The molecule has 0 saturated carbocycles. The Morgan fingerprint density at radius 1 is 1.36 bits per heavy atom. The average molecular weight is 303 g/mol. The summed E-state index contributed by atoms with van der Waals surface area (Å²) < 4.78 is 5.42. The SMILES string of the molecule is CC(C)(C)OC(=O)N1CCC(=C(CN)c2cccnc2)CC1. The summed E-state index contributed by atoms with van der Waals surface area (Å²) in [6, 6.07) is 3.95. The lowest BCUT2D eigenvalue weighted by Gasteiger charge is -2.32. The maximum absolute atomic E-state index is 12.1. The first-order valence-electron chi connectivity index (χ1n) is 7.70. The van der Waals surface area contributed by atoms with Crippen LogP contribution in [0.2, 0.25) is 0 Å². The third-order valence-corrected chi connectivity index (χ3v) is 3.66. The van der Waals surface area contributed by atoms with E-state index in [-0.39, 0.29) is 6.09 Å². The summed E-state index contributed by atoms with van der Waals surface area (Å²) in [5, 5.41) is 0. The Morgan fingerprint density at radius 2 is 2.05 bits per heavy atom. The van der Waals surface area contributed by atoms with E-state index < -0.39 is 5.60 Å². The number of carbonyl (C=O) groups excluding carboxylic acids is 1. The molecule has 2 rings (SSSR count). The largest absolute Gasteiger partial charge is 0.444 e. The van der Waals surface area contributed by atoms with Crippen molar-refractivity contribution in [2.75, 3.05) is 19.6 Å². The number of ether oxygens (including phenoxy) is 1. The summed E-state index contributed by atoms with van der Waals surface area (Å²) in [5.74, 6) is 0. The number of piperidine rings is 1. The Bertz CT molecular complexity index is 537. The van der Waals surface area contributed by atoms with Crippen molar-refractivity contribution in [1.82, 2.24) is 9.88 Å². The van der Waals surface area contributed by atoms with Gasteiger partial charge in [-0.25, -0.2) is 4.79 Å². The molecule has 5 nitrogen and oxygen atoms in total. The highest BCUT2D eigenvalue weighted by molar-refractivity contribution is 5.71. The van der Waals surface area contributed by atoms with Crippen molar-refractivity contribution in [1.29, 1.82) is 0 Å². The molecule has 1 aromatic rings. The Kier molecular flexibility index (Phi) is 5.19. The fraction of sp³-hybridized carbons (Fsp3) is 0.529. The highest BCUT2D eigenvalue weighted by Crippen LogP contribution is 2.26. The van der Waals surface area contributed by atoms with Gasteiger partial charge in [-0.15, -0.1) is 0 Å². The highest BCUT2D eigenvalue weighted by atomic mass is 16.6. The lowest BCUT2D eigenvalue weighted by atomic mass is 9.94. The monoisotopic (exact) mass is 303 g/mol. The second kappa shape index (κ2) is 6.92. The lowest BCUT2D eigenvalue weighted by Crippen LogP contribution is -2.40. The first kappa shape index (κ1) is 16.5. The van der Waals surface area contributed by atoms with Gasteiger partial charge in [0.15, 0.2) is 0 Å². The number of hydrogen-bond acceptors (Lipinski definition) is 4. The normalized spacial score (nSPS) is 15.6. The molecule has 1 fully saturated rings. The van der Waals surface area contributed by atoms with Crippen molar-refractivity contribution >= 4 is 11.7 Å². The number of hydrogen-bond donors (Lipinski definition) is 1. The van der Waals surface area contributed by atoms with Crippen molar-refractivity contribution in [2.24, 2.45) is 5.73 Å². The second-order valence-corrected chi connectivity index (χ2v) is 6.50. The zero-order valence-corrected chi connectivity index (χ0v) is 13.6. The van der Waals surface area contributed by atoms with Crippen molar-refractivity contribution in [2.45, 2.75) is 39.2 Å². The summed E-state index contributed by atoms with van der Waals surface area (Å²) in [4.78, 5) is 18.0. The Labute approximate surface area is 132 Å². The topological polar surface area (TPSA) is 68.5 Å². The van der Waals surface area contributed by atoms with Crippen LogP contribution in [0, 0.1) is 0 Å². The van der Waals surface area contributed by atoms with E-state index in [1.807, 2.05) is 39.1 Å². The molecular weight excluding hydrogens is 278 g/mol. The van der Waals surface area contributed by atoms with E-state index in [0.717, 1.165) is 24.0 Å². The minimum absolute atomic E-state index is 0.234. The molecule has 0 unspecified atom stereocenters. The van der Waals surface area contributed by atoms with Gasteiger partial charge in [0.05, 0.1) is 0 Å². The van der Waals surface area contributed by atoms with Gasteiger partial charge < -0.3 is 15.4 Å². The Hall–Kier alpha value is -1.88. The molecule has 2 heterocycles. The summed E-state index contributed by atoms with van der Waals surface area (Å²) >= 11 is 0. The smallest absolute Gasteiger partial charge is 0.410 e. The van der Waals surface area contributed by atoms with Crippen LogP contribution in [-0.4, -0.2) is 41.2 Å². The van der Waals surface area contributed by atoms with Gasteiger partial charge in [0, 0.05) is 32.0 Å². The van der Waals surface area contributed by atoms with E-state index in [0.29, 0.717) is 19.6 Å². The summed E-state index contributed by atoms with van der Waals surface area (Å²) in [5.41, 5.74) is 9.01. The Morgan fingerprint density at radius 3 is 2.55 bits per heavy atom. The van der Waals surface area contributed by atoms with Crippen LogP contribution in [0.3, 0.4) is 0 Å². The van der Waals surface area contributed by atoms with Gasteiger partial charge in [-0.2, -0.15) is 0 Å². The molecule has 120 valence electrons. The molecule has 0 radical (unpaired) electrons. The van der Waals surface area contributed by atoms with E-state index in [9.17, 15) is 4.79 Å². The van der Waals surface area contributed by atoms with Crippen LogP contribution >= 0.6 is 0 Å². The van der Waals surface area contributed by atoms with Crippen LogP contribution < -0.4 is 5.73 Å². The van der Waals surface area contributed by atoms with Crippen molar-refractivity contribution in [3.8, 4) is 0 Å². The number of nitrogens with two attached hydrogens (primary N) is 1.